The second-order valence-electron chi connectivity index (χ2n) is 8.86. The number of hydrogen-bond acceptors (Lipinski definition) is 3. The molecule has 0 spiro atoms. The molecule has 1 saturated carbocycles. The summed E-state index contributed by atoms with van der Waals surface area (Å²) >= 11 is 0. The molecule has 0 bridgehead atoms. The number of carbonyl (C=O) groups excluding carboxylic acids is 2. The molecule has 1 aliphatic heterocycles. The maximum atomic E-state index is 13.2. The lowest BCUT2D eigenvalue weighted by molar-refractivity contribution is -0.186. The molecule has 2 fully saturated rings. The standard InChI is InChI=1S/C21H27F3N2O3/c1-20(2,3)29-19(28)25-10-9-14(12-25)13-26(18(27)21(22,23)24)17-11-16(17)15-7-5-4-6-8-15/h4-8,14,16-17H,9-13H2,1-3H3/t14-,16-,17+/m0/s1. The second kappa shape index (κ2) is 7.88. The summed E-state index contributed by atoms with van der Waals surface area (Å²) in [4.78, 5) is 26.8. The van der Waals surface area contributed by atoms with Gasteiger partial charge in [0.1, 0.15) is 5.60 Å². The molecule has 160 valence electrons. The van der Waals surface area contributed by atoms with E-state index in [0.29, 0.717) is 25.9 Å². The van der Waals surface area contributed by atoms with Crippen molar-refractivity contribution in [1.29, 1.82) is 0 Å². The molecule has 0 aromatic heterocycles. The summed E-state index contributed by atoms with van der Waals surface area (Å²) in [5, 5.41) is 0. The molecule has 0 unspecified atom stereocenters. The smallest absolute Gasteiger partial charge is 0.444 e. The number of amides is 2. The molecule has 5 nitrogen and oxygen atoms in total. The van der Waals surface area contributed by atoms with Crippen LogP contribution < -0.4 is 0 Å². The highest BCUT2D eigenvalue weighted by Gasteiger charge is 2.52. The van der Waals surface area contributed by atoms with Crippen molar-refractivity contribution < 1.29 is 27.5 Å². The van der Waals surface area contributed by atoms with Gasteiger partial charge >= 0.3 is 18.2 Å². The lowest BCUT2D eigenvalue weighted by Crippen LogP contribution is -2.46. The topological polar surface area (TPSA) is 49.9 Å². The summed E-state index contributed by atoms with van der Waals surface area (Å²) in [6, 6.07) is 8.83. The first-order chi connectivity index (χ1) is 13.5. The number of hydrogen-bond donors (Lipinski definition) is 0. The van der Waals surface area contributed by atoms with Crippen molar-refractivity contribution >= 4 is 12.0 Å². The zero-order valence-corrected chi connectivity index (χ0v) is 16.9. The fraction of sp³-hybridized carbons (Fsp3) is 0.619. The van der Waals surface area contributed by atoms with E-state index in [1.54, 1.807) is 20.8 Å². The van der Waals surface area contributed by atoms with E-state index in [1.807, 2.05) is 30.3 Å². The Kier molecular flexibility index (Phi) is 5.83. The minimum atomic E-state index is -4.91. The fourth-order valence-corrected chi connectivity index (χ4v) is 3.87. The predicted molar refractivity (Wildman–Crippen MR) is 101 cm³/mol. The molecule has 1 saturated heterocycles. The molecule has 29 heavy (non-hydrogen) atoms. The normalized spacial score (nSPS) is 24.3. The molecule has 0 radical (unpaired) electrons. The number of carbonyl (C=O) groups is 2. The van der Waals surface area contributed by atoms with Gasteiger partial charge in [0.2, 0.25) is 0 Å². The van der Waals surface area contributed by atoms with Crippen molar-refractivity contribution in [3.63, 3.8) is 0 Å². The molecule has 1 aliphatic carbocycles. The van der Waals surface area contributed by atoms with E-state index in [2.05, 4.69) is 0 Å². The summed E-state index contributed by atoms with van der Waals surface area (Å²) in [7, 11) is 0. The van der Waals surface area contributed by atoms with Gasteiger partial charge < -0.3 is 14.5 Å². The van der Waals surface area contributed by atoms with Gasteiger partial charge in [0.25, 0.3) is 0 Å². The molecule has 1 aromatic rings. The Morgan fingerprint density at radius 1 is 1.17 bits per heavy atom. The highest BCUT2D eigenvalue weighted by molar-refractivity contribution is 5.82. The minimum absolute atomic E-state index is 0.00829. The zero-order valence-electron chi connectivity index (χ0n) is 16.9. The molecular formula is C21H27F3N2O3. The summed E-state index contributed by atoms with van der Waals surface area (Å²) in [6.45, 7) is 5.99. The van der Waals surface area contributed by atoms with E-state index in [-0.39, 0.29) is 18.4 Å². The van der Waals surface area contributed by atoms with E-state index >= 15 is 0 Å². The first-order valence-corrected chi connectivity index (χ1v) is 9.86. The molecule has 3 atom stereocenters. The lowest BCUT2D eigenvalue weighted by Gasteiger charge is -2.28. The molecule has 2 aliphatic rings. The Morgan fingerprint density at radius 2 is 1.83 bits per heavy atom. The van der Waals surface area contributed by atoms with Gasteiger partial charge in [-0.2, -0.15) is 13.2 Å². The average molecular weight is 412 g/mol. The van der Waals surface area contributed by atoms with E-state index in [4.69, 9.17) is 4.74 Å². The van der Waals surface area contributed by atoms with Crippen molar-refractivity contribution in [2.75, 3.05) is 19.6 Å². The summed E-state index contributed by atoms with van der Waals surface area (Å²) in [5.74, 6) is -2.08. The Bertz CT molecular complexity index is 746. The van der Waals surface area contributed by atoms with Crippen molar-refractivity contribution in [2.45, 2.75) is 57.3 Å². The first kappa shape index (κ1) is 21.5. The van der Waals surface area contributed by atoms with Crippen LogP contribution in [0.2, 0.25) is 0 Å². The Hall–Kier alpha value is -2.25. The van der Waals surface area contributed by atoms with E-state index in [0.717, 1.165) is 10.5 Å². The first-order valence-electron chi connectivity index (χ1n) is 9.86. The highest BCUT2D eigenvalue weighted by Crippen LogP contribution is 2.46. The van der Waals surface area contributed by atoms with E-state index < -0.39 is 29.8 Å². The number of halogens is 3. The number of likely N-dealkylation sites (tertiary alicyclic amines) is 1. The van der Waals surface area contributed by atoms with Gasteiger partial charge in [-0.3, -0.25) is 4.79 Å². The molecule has 0 N–H and O–H groups in total. The third kappa shape index (κ3) is 5.42. The van der Waals surface area contributed by atoms with Gasteiger partial charge in [0.15, 0.2) is 0 Å². The Labute approximate surface area is 168 Å². The largest absolute Gasteiger partial charge is 0.471 e. The van der Waals surface area contributed by atoms with Crippen LogP contribution in [0.25, 0.3) is 0 Å². The molecule has 1 heterocycles. The number of nitrogens with zero attached hydrogens (tertiary/aromatic N) is 2. The van der Waals surface area contributed by atoms with Gasteiger partial charge in [-0.05, 0) is 45.1 Å². The molecule has 8 heteroatoms. The number of ether oxygens (including phenoxy) is 1. The van der Waals surface area contributed by atoms with Gasteiger partial charge in [-0.1, -0.05) is 30.3 Å². The zero-order chi connectivity index (χ0) is 21.4. The summed E-state index contributed by atoms with van der Waals surface area (Å²) in [5.41, 5.74) is 0.309. The van der Waals surface area contributed by atoms with Crippen LogP contribution in [-0.4, -0.2) is 59.3 Å². The van der Waals surface area contributed by atoms with Crippen LogP contribution in [-0.2, 0) is 9.53 Å². The van der Waals surface area contributed by atoms with Crippen molar-refractivity contribution in [2.24, 2.45) is 5.92 Å². The van der Waals surface area contributed by atoms with Crippen LogP contribution in [0.15, 0.2) is 30.3 Å². The van der Waals surface area contributed by atoms with Gasteiger partial charge in [-0.15, -0.1) is 0 Å². The Morgan fingerprint density at radius 3 is 2.41 bits per heavy atom. The van der Waals surface area contributed by atoms with Crippen molar-refractivity contribution in [3.8, 4) is 0 Å². The fourth-order valence-electron chi connectivity index (χ4n) is 3.87. The van der Waals surface area contributed by atoms with Crippen LogP contribution in [0.1, 0.15) is 45.1 Å². The van der Waals surface area contributed by atoms with Crippen LogP contribution in [0.4, 0.5) is 18.0 Å². The van der Waals surface area contributed by atoms with E-state index in [9.17, 15) is 22.8 Å². The maximum absolute atomic E-state index is 13.2. The minimum Gasteiger partial charge on any atom is -0.444 e. The van der Waals surface area contributed by atoms with Crippen LogP contribution in [0, 0.1) is 5.92 Å². The quantitative estimate of drug-likeness (QED) is 0.745. The van der Waals surface area contributed by atoms with Gasteiger partial charge in [0.05, 0.1) is 0 Å². The molecule has 1 aromatic carbocycles. The molecule has 3 rings (SSSR count). The predicted octanol–water partition coefficient (Wildman–Crippen LogP) is 4.19. The number of alkyl halides is 3. The van der Waals surface area contributed by atoms with Crippen LogP contribution in [0.5, 0.6) is 0 Å². The number of benzene rings is 1. The van der Waals surface area contributed by atoms with Gasteiger partial charge in [-0.25, -0.2) is 4.79 Å². The second-order valence-corrected chi connectivity index (χ2v) is 8.86. The lowest BCUT2D eigenvalue weighted by atomic mass is 10.1. The maximum Gasteiger partial charge on any atom is 0.471 e. The van der Waals surface area contributed by atoms with E-state index in [1.165, 1.54) is 4.90 Å². The number of rotatable bonds is 4. The summed E-state index contributed by atoms with van der Waals surface area (Å²) in [6.07, 6.45) is -4.31. The van der Waals surface area contributed by atoms with Crippen LogP contribution in [0.3, 0.4) is 0 Å². The molecule has 2 amide bonds. The Balaban J connectivity index is 1.66. The monoisotopic (exact) mass is 412 g/mol. The van der Waals surface area contributed by atoms with Gasteiger partial charge in [0, 0.05) is 31.6 Å². The molecular weight excluding hydrogens is 385 g/mol. The van der Waals surface area contributed by atoms with Crippen LogP contribution >= 0.6 is 0 Å². The SMILES string of the molecule is CC(C)(C)OC(=O)N1CC[C@H](CN(C(=O)C(F)(F)F)[C@@H]2C[C@H]2c2ccccc2)C1. The third-order valence-corrected chi connectivity index (χ3v) is 5.28. The van der Waals surface area contributed by atoms with Crippen molar-refractivity contribution in [1.82, 2.24) is 9.80 Å². The van der Waals surface area contributed by atoms with Crippen molar-refractivity contribution in [3.05, 3.63) is 35.9 Å². The average Bonchev–Trinajstić information content (AvgIpc) is 3.27. The highest BCUT2D eigenvalue weighted by atomic mass is 19.4. The summed E-state index contributed by atoms with van der Waals surface area (Å²) < 4.78 is 45.0. The third-order valence-electron chi connectivity index (χ3n) is 5.28.